The number of nitrogens with zero attached hydrogens (tertiary/aromatic N) is 3. The second-order valence-electron chi connectivity index (χ2n) is 6.75. The third-order valence-corrected chi connectivity index (χ3v) is 5.63. The van der Waals surface area contributed by atoms with E-state index in [0.717, 1.165) is 37.5 Å². The van der Waals surface area contributed by atoms with Crippen LogP contribution >= 0.6 is 0 Å². The number of carbonyl (C=O) groups is 1. The normalized spacial score (nSPS) is 34.1. The molecule has 0 saturated heterocycles. The molecule has 4 unspecified atom stereocenters. The zero-order valence-corrected chi connectivity index (χ0v) is 12.2. The summed E-state index contributed by atoms with van der Waals surface area (Å²) in [5, 5.41) is 21.5. The van der Waals surface area contributed by atoms with Crippen LogP contribution in [0.4, 0.5) is 0 Å². The van der Waals surface area contributed by atoms with Crippen molar-refractivity contribution in [1.29, 1.82) is 0 Å². The molecule has 1 aliphatic heterocycles. The highest BCUT2D eigenvalue weighted by atomic mass is 16.4. The Hall–Kier alpha value is -1.43. The summed E-state index contributed by atoms with van der Waals surface area (Å²) in [5.74, 6) is 2.10. The summed E-state index contributed by atoms with van der Waals surface area (Å²) < 4.78 is 2.21. The fourth-order valence-corrected chi connectivity index (χ4v) is 4.65. The van der Waals surface area contributed by atoms with Gasteiger partial charge in [-0.3, -0.25) is 4.79 Å². The molecule has 1 aromatic heterocycles. The monoisotopic (exact) mass is 290 g/mol. The maximum absolute atomic E-state index is 11.5. The van der Waals surface area contributed by atoms with Gasteiger partial charge in [0.25, 0.3) is 0 Å². The topological polar surface area (TPSA) is 80.0 Å². The van der Waals surface area contributed by atoms with Crippen LogP contribution in [-0.4, -0.2) is 31.9 Å². The molecule has 2 N–H and O–H groups in total. The Kier molecular flexibility index (Phi) is 3.21. The maximum Gasteiger partial charge on any atom is 0.308 e. The van der Waals surface area contributed by atoms with Crippen LogP contribution in [0.5, 0.6) is 0 Å². The molecular formula is C15H22N4O2. The van der Waals surface area contributed by atoms with E-state index >= 15 is 0 Å². The summed E-state index contributed by atoms with van der Waals surface area (Å²) in [6.45, 7) is 1.64. The third kappa shape index (κ3) is 2.16. The van der Waals surface area contributed by atoms with E-state index in [-0.39, 0.29) is 12.0 Å². The van der Waals surface area contributed by atoms with Gasteiger partial charge in [0.15, 0.2) is 0 Å². The average molecular weight is 290 g/mol. The fourth-order valence-electron chi connectivity index (χ4n) is 4.65. The summed E-state index contributed by atoms with van der Waals surface area (Å²) in [6, 6.07) is 0.109. The number of carboxylic acids is 1. The molecule has 2 saturated carbocycles. The molecule has 6 heteroatoms. The SMILES string of the molecule is O=C(O)C1C2CCC(C2)C1NCc1nnc2n1CCCC2. The molecule has 4 atom stereocenters. The van der Waals surface area contributed by atoms with Crippen LogP contribution < -0.4 is 5.32 Å². The minimum atomic E-state index is -0.636. The van der Waals surface area contributed by atoms with Crippen molar-refractivity contribution >= 4 is 5.97 Å². The van der Waals surface area contributed by atoms with E-state index in [9.17, 15) is 9.90 Å². The Morgan fingerprint density at radius 1 is 1.29 bits per heavy atom. The summed E-state index contributed by atoms with van der Waals surface area (Å²) >= 11 is 0. The predicted octanol–water partition coefficient (Wildman–Crippen LogP) is 1.20. The van der Waals surface area contributed by atoms with Crippen LogP contribution in [0.25, 0.3) is 0 Å². The number of rotatable bonds is 4. The first-order valence-corrected chi connectivity index (χ1v) is 8.11. The van der Waals surface area contributed by atoms with Crippen molar-refractivity contribution in [3.63, 3.8) is 0 Å². The first-order valence-electron chi connectivity index (χ1n) is 8.11. The largest absolute Gasteiger partial charge is 0.481 e. The van der Waals surface area contributed by atoms with Crippen LogP contribution in [-0.2, 0) is 24.3 Å². The number of hydrogen-bond donors (Lipinski definition) is 2. The summed E-state index contributed by atoms with van der Waals surface area (Å²) in [6.07, 6.45) is 6.72. The summed E-state index contributed by atoms with van der Waals surface area (Å²) in [5.41, 5.74) is 0. The lowest BCUT2D eigenvalue weighted by molar-refractivity contribution is -0.144. The number of carboxylic acid groups (broad SMARTS) is 1. The van der Waals surface area contributed by atoms with E-state index in [4.69, 9.17) is 0 Å². The molecule has 0 spiro atoms. The molecule has 4 rings (SSSR count). The highest BCUT2D eigenvalue weighted by Crippen LogP contribution is 2.48. The van der Waals surface area contributed by atoms with Crippen molar-refractivity contribution in [3.8, 4) is 0 Å². The van der Waals surface area contributed by atoms with Gasteiger partial charge in [0.1, 0.15) is 11.6 Å². The highest BCUT2D eigenvalue weighted by Gasteiger charge is 2.50. The Morgan fingerprint density at radius 2 is 2.14 bits per heavy atom. The van der Waals surface area contributed by atoms with E-state index in [0.29, 0.717) is 18.4 Å². The minimum Gasteiger partial charge on any atom is -0.481 e. The molecule has 2 aliphatic carbocycles. The predicted molar refractivity (Wildman–Crippen MR) is 75.5 cm³/mol. The second kappa shape index (κ2) is 5.09. The molecule has 6 nitrogen and oxygen atoms in total. The van der Waals surface area contributed by atoms with Crippen LogP contribution in [0.15, 0.2) is 0 Å². The molecule has 0 aromatic carbocycles. The Balaban J connectivity index is 1.47. The molecule has 0 radical (unpaired) electrons. The average Bonchev–Trinajstić information content (AvgIpc) is 3.18. The minimum absolute atomic E-state index is 0.109. The number of aromatic nitrogens is 3. The number of aliphatic carboxylic acids is 1. The standard InChI is InChI=1S/C15H22N4O2/c20-15(21)13-9-4-5-10(7-9)14(13)16-8-12-18-17-11-3-1-2-6-19(11)12/h9-10,13-14,16H,1-8H2,(H,20,21). The second-order valence-corrected chi connectivity index (χ2v) is 6.75. The van der Waals surface area contributed by atoms with Gasteiger partial charge in [0.2, 0.25) is 0 Å². The number of aryl methyl sites for hydroxylation is 1. The zero-order valence-electron chi connectivity index (χ0n) is 12.2. The molecule has 2 bridgehead atoms. The van der Waals surface area contributed by atoms with Gasteiger partial charge in [-0.25, -0.2) is 0 Å². The summed E-state index contributed by atoms with van der Waals surface area (Å²) in [7, 11) is 0. The first-order chi connectivity index (χ1) is 10.2. The number of fused-ring (bicyclic) bond motifs is 3. The van der Waals surface area contributed by atoms with E-state index < -0.39 is 5.97 Å². The van der Waals surface area contributed by atoms with E-state index in [2.05, 4.69) is 20.1 Å². The molecular weight excluding hydrogens is 268 g/mol. The van der Waals surface area contributed by atoms with Gasteiger partial charge in [-0.15, -0.1) is 10.2 Å². The van der Waals surface area contributed by atoms with Crippen LogP contribution in [0.1, 0.15) is 43.8 Å². The van der Waals surface area contributed by atoms with Gasteiger partial charge in [0.05, 0.1) is 12.5 Å². The van der Waals surface area contributed by atoms with Gasteiger partial charge in [-0.2, -0.15) is 0 Å². The van der Waals surface area contributed by atoms with Crippen molar-refractivity contribution in [1.82, 2.24) is 20.1 Å². The van der Waals surface area contributed by atoms with Crippen LogP contribution in [0, 0.1) is 17.8 Å². The zero-order chi connectivity index (χ0) is 14.4. The van der Waals surface area contributed by atoms with Crippen LogP contribution in [0.3, 0.4) is 0 Å². The van der Waals surface area contributed by atoms with Crippen molar-refractivity contribution in [2.24, 2.45) is 17.8 Å². The Morgan fingerprint density at radius 3 is 3.00 bits per heavy atom. The lowest BCUT2D eigenvalue weighted by Crippen LogP contribution is -2.44. The first kappa shape index (κ1) is 13.2. The highest BCUT2D eigenvalue weighted by molar-refractivity contribution is 5.72. The van der Waals surface area contributed by atoms with E-state index in [1.54, 1.807) is 0 Å². The molecule has 3 aliphatic rings. The van der Waals surface area contributed by atoms with Crippen molar-refractivity contribution < 1.29 is 9.90 Å². The Labute approximate surface area is 123 Å². The van der Waals surface area contributed by atoms with Gasteiger partial charge >= 0.3 is 5.97 Å². The quantitative estimate of drug-likeness (QED) is 0.871. The summed E-state index contributed by atoms with van der Waals surface area (Å²) in [4.78, 5) is 11.5. The maximum atomic E-state index is 11.5. The van der Waals surface area contributed by atoms with Gasteiger partial charge in [-0.05, 0) is 43.9 Å². The number of nitrogens with one attached hydrogen (secondary N) is 1. The molecule has 2 fully saturated rings. The van der Waals surface area contributed by atoms with Crippen LogP contribution in [0.2, 0.25) is 0 Å². The molecule has 114 valence electrons. The van der Waals surface area contributed by atoms with Crippen molar-refractivity contribution in [3.05, 3.63) is 11.6 Å². The number of hydrogen-bond acceptors (Lipinski definition) is 4. The van der Waals surface area contributed by atoms with Gasteiger partial charge < -0.3 is 15.0 Å². The fraction of sp³-hybridized carbons (Fsp3) is 0.800. The van der Waals surface area contributed by atoms with E-state index in [1.807, 2.05) is 0 Å². The smallest absolute Gasteiger partial charge is 0.308 e. The molecule has 2 heterocycles. The third-order valence-electron chi connectivity index (χ3n) is 5.63. The van der Waals surface area contributed by atoms with Gasteiger partial charge in [-0.1, -0.05) is 0 Å². The van der Waals surface area contributed by atoms with Crippen molar-refractivity contribution in [2.45, 2.75) is 57.7 Å². The van der Waals surface area contributed by atoms with E-state index in [1.165, 1.54) is 19.3 Å². The lowest BCUT2D eigenvalue weighted by atomic mass is 9.84. The van der Waals surface area contributed by atoms with Gasteiger partial charge in [0, 0.05) is 19.0 Å². The molecule has 0 amide bonds. The van der Waals surface area contributed by atoms with Crippen molar-refractivity contribution in [2.75, 3.05) is 0 Å². The molecule has 1 aromatic rings. The lowest BCUT2D eigenvalue weighted by Gasteiger charge is -2.29. The molecule has 21 heavy (non-hydrogen) atoms. The Bertz CT molecular complexity index is 556.